The van der Waals surface area contributed by atoms with Crippen LogP contribution in [-0.4, -0.2) is 43.4 Å². The summed E-state index contributed by atoms with van der Waals surface area (Å²) in [5.41, 5.74) is 0. The van der Waals surface area contributed by atoms with Gasteiger partial charge in [0.25, 0.3) is 0 Å². The normalized spacial score (nSPS) is 19.3. The number of quaternary nitrogens is 1. The van der Waals surface area contributed by atoms with Crippen LogP contribution in [0.25, 0.3) is 0 Å². The number of likely N-dealkylation sites (N-methyl/N-ethyl adjacent to an activating group) is 1. The van der Waals surface area contributed by atoms with Crippen LogP contribution < -0.4 is 0 Å². The first kappa shape index (κ1) is 14.7. The second kappa shape index (κ2) is 7.88. The van der Waals surface area contributed by atoms with Gasteiger partial charge in [0.15, 0.2) is 0 Å². The van der Waals surface area contributed by atoms with Gasteiger partial charge < -0.3 is 9.22 Å². The first-order valence-corrected chi connectivity index (χ1v) is 7.34. The molecular formula is C15H30NO+. The molecule has 0 saturated carbocycles. The maximum Gasteiger partial charge on any atom is 0.130 e. The van der Waals surface area contributed by atoms with Gasteiger partial charge in [0.1, 0.15) is 12.6 Å². The number of ether oxygens (including phenoxy) is 1. The smallest absolute Gasteiger partial charge is 0.130 e. The van der Waals surface area contributed by atoms with Crippen molar-refractivity contribution in [3.05, 3.63) is 12.7 Å². The molecule has 2 heteroatoms. The lowest BCUT2D eigenvalue weighted by atomic mass is 10.1. The topological polar surface area (TPSA) is 12.5 Å². The van der Waals surface area contributed by atoms with E-state index in [4.69, 9.17) is 4.74 Å². The molecule has 100 valence electrons. The van der Waals surface area contributed by atoms with E-state index in [-0.39, 0.29) is 0 Å². The van der Waals surface area contributed by atoms with Crippen molar-refractivity contribution in [2.75, 3.05) is 32.8 Å². The van der Waals surface area contributed by atoms with E-state index in [1.807, 2.05) is 6.08 Å². The van der Waals surface area contributed by atoms with Crippen LogP contribution >= 0.6 is 0 Å². The average Bonchev–Trinajstić information content (AvgIpc) is 3.16. The zero-order valence-corrected chi connectivity index (χ0v) is 11.8. The zero-order chi connectivity index (χ0) is 12.6. The lowest BCUT2D eigenvalue weighted by Gasteiger charge is -2.36. The minimum absolute atomic E-state index is 0.565. The van der Waals surface area contributed by atoms with Gasteiger partial charge in [0.05, 0.1) is 26.2 Å². The van der Waals surface area contributed by atoms with Gasteiger partial charge in [0.2, 0.25) is 0 Å². The van der Waals surface area contributed by atoms with Crippen LogP contribution in [0.3, 0.4) is 0 Å². The van der Waals surface area contributed by atoms with Crippen LogP contribution in [0.15, 0.2) is 12.7 Å². The lowest BCUT2D eigenvalue weighted by molar-refractivity contribution is -0.925. The van der Waals surface area contributed by atoms with E-state index in [0.717, 1.165) is 6.61 Å². The van der Waals surface area contributed by atoms with Gasteiger partial charge in [-0.25, -0.2) is 0 Å². The van der Waals surface area contributed by atoms with Gasteiger partial charge in [-0.1, -0.05) is 12.5 Å². The van der Waals surface area contributed by atoms with Gasteiger partial charge in [0, 0.05) is 0 Å². The predicted molar refractivity (Wildman–Crippen MR) is 74.1 cm³/mol. The largest absolute Gasteiger partial charge is 0.367 e. The molecule has 0 aliphatic carbocycles. The van der Waals surface area contributed by atoms with E-state index < -0.39 is 0 Å². The standard InChI is InChI=1S/C15H30NO/c1-4-7-8-9-10-11-12-16(5-2,6-3)13-15-14-17-15/h4,15H,1,5-14H2,2-3H3/q+1. The molecule has 0 aromatic carbocycles. The summed E-state index contributed by atoms with van der Waals surface area (Å²) in [6.07, 6.45) is 9.19. The molecule has 1 saturated heterocycles. The molecule has 1 rings (SSSR count). The van der Waals surface area contributed by atoms with Crippen LogP contribution in [-0.2, 0) is 4.74 Å². The Bertz CT molecular complexity index is 207. The summed E-state index contributed by atoms with van der Waals surface area (Å²) in [4.78, 5) is 0. The molecule has 17 heavy (non-hydrogen) atoms. The van der Waals surface area contributed by atoms with E-state index >= 15 is 0 Å². The first-order chi connectivity index (χ1) is 8.26. The summed E-state index contributed by atoms with van der Waals surface area (Å²) in [7, 11) is 0. The minimum Gasteiger partial charge on any atom is -0.367 e. The highest BCUT2D eigenvalue weighted by atomic mass is 16.6. The fourth-order valence-corrected chi connectivity index (χ4v) is 2.58. The molecule has 2 nitrogen and oxygen atoms in total. The number of hydrogen-bond acceptors (Lipinski definition) is 1. The van der Waals surface area contributed by atoms with E-state index in [9.17, 15) is 0 Å². The first-order valence-electron chi connectivity index (χ1n) is 7.34. The van der Waals surface area contributed by atoms with E-state index in [1.165, 1.54) is 62.8 Å². The summed E-state index contributed by atoms with van der Waals surface area (Å²) in [6.45, 7) is 14.5. The molecule has 0 aromatic rings. The summed E-state index contributed by atoms with van der Waals surface area (Å²) in [5.74, 6) is 0. The van der Waals surface area contributed by atoms with Crippen LogP contribution in [0.4, 0.5) is 0 Å². The third-order valence-corrected chi connectivity index (χ3v) is 4.13. The summed E-state index contributed by atoms with van der Waals surface area (Å²) < 4.78 is 6.66. The Morgan fingerprint density at radius 1 is 1.18 bits per heavy atom. The molecule has 0 amide bonds. The Kier molecular flexibility index (Phi) is 6.83. The summed E-state index contributed by atoms with van der Waals surface area (Å²) >= 11 is 0. The Hall–Kier alpha value is -0.340. The molecule has 0 bridgehead atoms. The summed E-state index contributed by atoms with van der Waals surface area (Å²) in [6, 6.07) is 0. The summed E-state index contributed by atoms with van der Waals surface area (Å²) in [5, 5.41) is 0. The van der Waals surface area contributed by atoms with Crippen molar-refractivity contribution in [1.82, 2.24) is 0 Å². The average molecular weight is 240 g/mol. The van der Waals surface area contributed by atoms with Crippen molar-refractivity contribution in [3.63, 3.8) is 0 Å². The number of nitrogens with zero attached hydrogens (tertiary/aromatic N) is 1. The number of allylic oxidation sites excluding steroid dienone is 1. The molecule has 1 aliphatic heterocycles. The highest BCUT2D eigenvalue weighted by Gasteiger charge is 2.34. The van der Waals surface area contributed by atoms with Crippen LogP contribution in [0, 0.1) is 0 Å². The Balaban J connectivity index is 2.16. The molecule has 0 N–H and O–H groups in total. The van der Waals surface area contributed by atoms with E-state index in [2.05, 4.69) is 20.4 Å². The van der Waals surface area contributed by atoms with Gasteiger partial charge in [-0.2, -0.15) is 0 Å². The SMILES string of the molecule is C=CCCCCCC[N+](CC)(CC)CC1CO1. The molecule has 0 aromatic heterocycles. The molecule has 1 fully saturated rings. The Morgan fingerprint density at radius 2 is 1.82 bits per heavy atom. The van der Waals surface area contributed by atoms with Crippen molar-refractivity contribution < 1.29 is 9.22 Å². The van der Waals surface area contributed by atoms with Crippen molar-refractivity contribution in [2.45, 2.75) is 52.1 Å². The van der Waals surface area contributed by atoms with Crippen LogP contribution in [0.1, 0.15) is 46.0 Å². The second-order valence-electron chi connectivity index (χ2n) is 5.33. The van der Waals surface area contributed by atoms with E-state index in [1.54, 1.807) is 0 Å². The van der Waals surface area contributed by atoms with Crippen molar-refractivity contribution in [2.24, 2.45) is 0 Å². The monoisotopic (exact) mass is 240 g/mol. The highest BCUT2D eigenvalue weighted by Crippen LogP contribution is 2.19. The molecule has 1 aliphatic rings. The Labute approximate surface area is 107 Å². The molecule has 0 radical (unpaired) electrons. The maximum absolute atomic E-state index is 5.40. The molecule has 1 heterocycles. The van der Waals surface area contributed by atoms with Gasteiger partial charge in [-0.05, 0) is 39.5 Å². The van der Waals surface area contributed by atoms with Crippen molar-refractivity contribution in [1.29, 1.82) is 0 Å². The lowest BCUT2D eigenvalue weighted by Crippen LogP contribution is -2.50. The molecule has 1 atom stereocenters. The van der Waals surface area contributed by atoms with Crippen molar-refractivity contribution >= 4 is 0 Å². The third-order valence-electron chi connectivity index (χ3n) is 4.13. The van der Waals surface area contributed by atoms with Crippen LogP contribution in [0.5, 0.6) is 0 Å². The van der Waals surface area contributed by atoms with E-state index in [0.29, 0.717) is 6.10 Å². The number of rotatable bonds is 11. The predicted octanol–water partition coefficient (Wildman–Crippen LogP) is 3.38. The third kappa shape index (κ3) is 5.69. The fraction of sp³-hybridized carbons (Fsp3) is 0.867. The second-order valence-corrected chi connectivity index (χ2v) is 5.33. The minimum atomic E-state index is 0.565. The number of hydrogen-bond donors (Lipinski definition) is 0. The molecular weight excluding hydrogens is 210 g/mol. The quantitative estimate of drug-likeness (QED) is 0.233. The highest BCUT2D eigenvalue weighted by molar-refractivity contribution is 4.69. The van der Waals surface area contributed by atoms with Crippen molar-refractivity contribution in [3.8, 4) is 0 Å². The number of unbranched alkanes of at least 4 members (excludes halogenated alkanes) is 4. The Morgan fingerprint density at radius 3 is 2.35 bits per heavy atom. The molecule has 0 spiro atoms. The maximum atomic E-state index is 5.40. The van der Waals surface area contributed by atoms with Gasteiger partial charge in [-0.15, -0.1) is 6.58 Å². The number of epoxide rings is 1. The fourth-order valence-electron chi connectivity index (χ4n) is 2.58. The zero-order valence-electron chi connectivity index (χ0n) is 11.8. The molecule has 1 unspecified atom stereocenters. The van der Waals surface area contributed by atoms with Crippen LogP contribution in [0.2, 0.25) is 0 Å². The van der Waals surface area contributed by atoms with Gasteiger partial charge in [-0.3, -0.25) is 0 Å². The van der Waals surface area contributed by atoms with Gasteiger partial charge >= 0.3 is 0 Å².